The molecule has 9 heteroatoms. The van der Waals surface area contributed by atoms with Gasteiger partial charge in [0.25, 0.3) is 5.91 Å². The quantitative estimate of drug-likeness (QED) is 0.341. The number of fused-ring (bicyclic) bond motifs is 3. The van der Waals surface area contributed by atoms with E-state index in [1.165, 1.54) is 0 Å². The van der Waals surface area contributed by atoms with E-state index in [-0.39, 0.29) is 19.1 Å². The van der Waals surface area contributed by atoms with Crippen molar-refractivity contribution >= 4 is 18.1 Å². The van der Waals surface area contributed by atoms with Gasteiger partial charge in [-0.2, -0.15) is 0 Å². The summed E-state index contributed by atoms with van der Waals surface area (Å²) in [5, 5.41) is 2.54. The first-order chi connectivity index (χ1) is 19.1. The predicted molar refractivity (Wildman–Crippen MR) is 150 cm³/mol. The van der Waals surface area contributed by atoms with Crippen LogP contribution in [-0.4, -0.2) is 42.4 Å². The molecule has 3 aromatic rings. The topological polar surface area (TPSA) is 115 Å². The summed E-state index contributed by atoms with van der Waals surface area (Å²) >= 11 is 0. The maximum atomic E-state index is 13.1. The average Bonchev–Trinajstić information content (AvgIpc) is 3.25. The zero-order chi connectivity index (χ0) is 28.7. The summed E-state index contributed by atoms with van der Waals surface area (Å²) in [5.74, 6) is -0.818. The van der Waals surface area contributed by atoms with Gasteiger partial charge in [-0.1, -0.05) is 78.9 Å². The third-order valence-corrected chi connectivity index (χ3v) is 6.41. The molecule has 1 aliphatic rings. The first-order valence-corrected chi connectivity index (χ1v) is 13.2. The highest BCUT2D eigenvalue weighted by atomic mass is 16.6. The molecule has 0 bridgehead atoms. The van der Waals surface area contributed by atoms with E-state index in [2.05, 4.69) is 16.2 Å². The molecule has 40 heavy (non-hydrogen) atoms. The van der Waals surface area contributed by atoms with Crippen LogP contribution in [0.3, 0.4) is 0 Å². The zero-order valence-corrected chi connectivity index (χ0v) is 23.1. The Balaban J connectivity index is 1.35. The number of carbonyl (C=O) groups is 3. The van der Waals surface area contributed by atoms with E-state index in [0.29, 0.717) is 0 Å². The number of ether oxygens (including phenoxy) is 3. The molecule has 0 fully saturated rings. The van der Waals surface area contributed by atoms with Crippen molar-refractivity contribution < 1.29 is 28.6 Å². The van der Waals surface area contributed by atoms with Gasteiger partial charge in [0.2, 0.25) is 0 Å². The molecule has 0 spiro atoms. The molecule has 1 unspecified atom stereocenters. The van der Waals surface area contributed by atoms with Gasteiger partial charge in [-0.05, 0) is 55.5 Å². The van der Waals surface area contributed by atoms with E-state index in [0.717, 1.165) is 27.8 Å². The Morgan fingerprint density at radius 1 is 0.800 bits per heavy atom. The minimum Gasteiger partial charge on any atom is -0.447 e. The Hall–Kier alpha value is -4.37. The van der Waals surface area contributed by atoms with Crippen LogP contribution in [0.1, 0.15) is 50.3 Å². The largest absolute Gasteiger partial charge is 0.447 e. The van der Waals surface area contributed by atoms with Crippen molar-refractivity contribution in [3.05, 3.63) is 95.6 Å². The van der Waals surface area contributed by atoms with Crippen LogP contribution in [0.2, 0.25) is 0 Å². The zero-order valence-electron chi connectivity index (χ0n) is 23.1. The van der Waals surface area contributed by atoms with E-state index in [1.54, 1.807) is 27.7 Å². The van der Waals surface area contributed by atoms with E-state index in [9.17, 15) is 14.4 Å². The van der Waals surface area contributed by atoms with Crippen LogP contribution in [0.15, 0.2) is 78.9 Å². The lowest BCUT2D eigenvalue weighted by atomic mass is 9.98. The number of hydrogen-bond acceptors (Lipinski definition) is 6. The van der Waals surface area contributed by atoms with E-state index >= 15 is 0 Å². The molecule has 0 heterocycles. The lowest BCUT2D eigenvalue weighted by Crippen LogP contribution is -2.57. The summed E-state index contributed by atoms with van der Waals surface area (Å²) in [6.45, 7) is 7.12. The summed E-state index contributed by atoms with van der Waals surface area (Å²) in [6, 6.07) is 24.3. The summed E-state index contributed by atoms with van der Waals surface area (Å²) < 4.78 is 16.6. The van der Waals surface area contributed by atoms with E-state index in [1.807, 2.05) is 78.9 Å². The van der Waals surface area contributed by atoms with Crippen molar-refractivity contribution in [2.24, 2.45) is 0 Å². The Kier molecular flexibility index (Phi) is 9.06. The molecule has 3 amide bonds. The molecule has 3 aromatic carbocycles. The molecular formula is C31H35N3O6. The van der Waals surface area contributed by atoms with Gasteiger partial charge in [0, 0.05) is 5.92 Å². The molecule has 0 radical (unpaired) electrons. The number of nitrogens with one attached hydrogen (secondary N) is 3. The van der Waals surface area contributed by atoms with Crippen LogP contribution in [0, 0.1) is 0 Å². The summed E-state index contributed by atoms with van der Waals surface area (Å²) in [6.07, 6.45) is -2.37. The third-order valence-electron chi connectivity index (χ3n) is 6.41. The Morgan fingerprint density at radius 3 is 1.98 bits per heavy atom. The highest BCUT2D eigenvalue weighted by Gasteiger charge is 2.31. The van der Waals surface area contributed by atoms with Gasteiger partial charge in [-0.15, -0.1) is 0 Å². The number of hydrogen-bond donors (Lipinski definition) is 3. The number of rotatable bonds is 8. The lowest BCUT2D eigenvalue weighted by Gasteiger charge is -2.27. The number of carbonyl (C=O) groups excluding carboxylic acids is 3. The van der Waals surface area contributed by atoms with Crippen LogP contribution in [0.25, 0.3) is 11.1 Å². The Morgan fingerprint density at radius 2 is 1.38 bits per heavy atom. The molecule has 1 aliphatic carbocycles. The maximum Gasteiger partial charge on any atom is 0.426 e. The van der Waals surface area contributed by atoms with Crippen molar-refractivity contribution in [1.82, 2.24) is 16.2 Å². The number of amides is 3. The normalized spacial score (nSPS) is 13.8. The van der Waals surface area contributed by atoms with Gasteiger partial charge in [0.15, 0.2) is 0 Å². The molecule has 9 nitrogen and oxygen atoms in total. The smallest absolute Gasteiger partial charge is 0.426 e. The SMILES string of the molecule is CC(OCc1ccccc1)[C@@H](NC(=O)OC(C)(C)C)C(=O)NNC(=O)OCC1c2ccccc2-c2ccccc21. The van der Waals surface area contributed by atoms with Gasteiger partial charge in [-0.3, -0.25) is 10.2 Å². The predicted octanol–water partition coefficient (Wildman–Crippen LogP) is 5.05. The van der Waals surface area contributed by atoms with Crippen LogP contribution >= 0.6 is 0 Å². The number of hydrazine groups is 1. The fourth-order valence-electron chi connectivity index (χ4n) is 4.55. The second-order valence-corrected chi connectivity index (χ2v) is 10.6. The summed E-state index contributed by atoms with van der Waals surface area (Å²) in [5.41, 5.74) is 9.12. The van der Waals surface area contributed by atoms with E-state index < -0.39 is 35.8 Å². The number of alkyl carbamates (subject to hydrolysis) is 1. The molecule has 4 rings (SSSR count). The molecule has 0 saturated heterocycles. The molecule has 0 saturated carbocycles. The monoisotopic (exact) mass is 545 g/mol. The highest BCUT2D eigenvalue weighted by molar-refractivity contribution is 5.87. The van der Waals surface area contributed by atoms with Gasteiger partial charge in [0.1, 0.15) is 18.2 Å². The first-order valence-electron chi connectivity index (χ1n) is 13.2. The standard InChI is InChI=1S/C31H35N3O6/c1-20(38-18-21-12-6-5-7-13-21)27(32-29(36)40-31(2,3)4)28(35)33-34-30(37)39-19-26-24-16-10-8-14-22(24)23-15-9-11-17-25(23)26/h5-17,20,26-27H,18-19H2,1-4H3,(H,32,36)(H,33,35)(H,34,37)/t20?,27-/m1/s1. The van der Waals surface area contributed by atoms with Crippen molar-refractivity contribution in [2.45, 2.75) is 58.0 Å². The Bertz CT molecular complexity index is 1290. The average molecular weight is 546 g/mol. The van der Waals surface area contributed by atoms with Crippen LogP contribution in [-0.2, 0) is 25.6 Å². The second-order valence-electron chi connectivity index (χ2n) is 10.6. The third kappa shape index (κ3) is 7.39. The van der Waals surface area contributed by atoms with Crippen LogP contribution in [0.5, 0.6) is 0 Å². The van der Waals surface area contributed by atoms with E-state index in [4.69, 9.17) is 14.2 Å². The first kappa shape index (κ1) is 28.6. The summed E-state index contributed by atoms with van der Waals surface area (Å²) in [7, 11) is 0. The van der Waals surface area contributed by atoms with Crippen LogP contribution < -0.4 is 16.2 Å². The van der Waals surface area contributed by atoms with Gasteiger partial charge in [0.05, 0.1) is 12.7 Å². The highest BCUT2D eigenvalue weighted by Crippen LogP contribution is 2.44. The minimum atomic E-state index is -1.16. The van der Waals surface area contributed by atoms with Gasteiger partial charge in [-0.25, -0.2) is 15.0 Å². The molecule has 0 aliphatic heterocycles. The van der Waals surface area contributed by atoms with Crippen molar-refractivity contribution in [3.63, 3.8) is 0 Å². The molecule has 3 N–H and O–H groups in total. The molecule has 210 valence electrons. The Labute approximate surface area is 234 Å². The molecule has 2 atom stereocenters. The maximum absolute atomic E-state index is 13.1. The van der Waals surface area contributed by atoms with Gasteiger partial charge >= 0.3 is 12.2 Å². The van der Waals surface area contributed by atoms with Gasteiger partial charge < -0.3 is 19.5 Å². The molecule has 0 aromatic heterocycles. The minimum absolute atomic E-state index is 0.0892. The van der Waals surface area contributed by atoms with Crippen molar-refractivity contribution in [3.8, 4) is 11.1 Å². The number of benzene rings is 3. The van der Waals surface area contributed by atoms with Crippen molar-refractivity contribution in [1.29, 1.82) is 0 Å². The lowest BCUT2D eigenvalue weighted by molar-refractivity contribution is -0.128. The summed E-state index contributed by atoms with van der Waals surface area (Å²) in [4.78, 5) is 38.1. The fourth-order valence-corrected chi connectivity index (χ4v) is 4.55. The molecular weight excluding hydrogens is 510 g/mol. The second kappa shape index (κ2) is 12.7. The van der Waals surface area contributed by atoms with Crippen LogP contribution in [0.4, 0.5) is 9.59 Å². The fraction of sp³-hybridized carbons (Fsp3) is 0.323. The van der Waals surface area contributed by atoms with Crippen molar-refractivity contribution in [2.75, 3.05) is 6.61 Å².